The number of nitro groups is 1. The van der Waals surface area contributed by atoms with Crippen molar-refractivity contribution in [3.63, 3.8) is 0 Å². The van der Waals surface area contributed by atoms with E-state index in [0.717, 1.165) is 12.1 Å². The molecule has 0 saturated heterocycles. The van der Waals surface area contributed by atoms with Crippen LogP contribution in [-0.4, -0.2) is 19.7 Å². The number of nitro benzene ring substituents is 1. The summed E-state index contributed by atoms with van der Waals surface area (Å²) in [7, 11) is 0. The van der Waals surface area contributed by atoms with Crippen LogP contribution in [0.5, 0.6) is 0 Å². The summed E-state index contributed by atoms with van der Waals surface area (Å²) in [5.41, 5.74) is -1.32. The number of hydrogen-bond acceptors (Lipinski definition) is 4. The van der Waals surface area contributed by atoms with Gasteiger partial charge in [0.1, 0.15) is 12.1 Å². The molecule has 6 nitrogen and oxygen atoms in total. The Morgan fingerprint density at radius 3 is 2.70 bits per heavy atom. The molecule has 0 spiro atoms. The van der Waals surface area contributed by atoms with Gasteiger partial charge in [-0.3, -0.25) is 10.1 Å². The summed E-state index contributed by atoms with van der Waals surface area (Å²) in [6, 6.07) is 1.64. The zero-order chi connectivity index (χ0) is 14.9. The first-order valence-electron chi connectivity index (χ1n) is 5.92. The van der Waals surface area contributed by atoms with E-state index in [2.05, 4.69) is 10.2 Å². The second-order valence-electron chi connectivity index (χ2n) is 4.71. The first kappa shape index (κ1) is 14.0. The molecular weight excluding hydrogens is 270 g/mol. The monoisotopic (exact) mass is 282 g/mol. The lowest BCUT2D eigenvalue weighted by atomic mass is 10.1. The van der Waals surface area contributed by atoms with Gasteiger partial charge in [-0.25, -0.2) is 4.39 Å². The lowest BCUT2D eigenvalue weighted by molar-refractivity contribution is -0.387. The van der Waals surface area contributed by atoms with Crippen molar-refractivity contribution in [3.8, 4) is 11.4 Å². The molecule has 1 aromatic heterocycles. The number of nitrogens with zero attached hydrogens (tertiary/aromatic N) is 4. The molecule has 0 unspecified atom stereocenters. The maximum absolute atomic E-state index is 14.1. The van der Waals surface area contributed by atoms with Crippen LogP contribution in [0.3, 0.4) is 0 Å². The Kier molecular flexibility index (Phi) is 3.73. The summed E-state index contributed by atoms with van der Waals surface area (Å²) in [4.78, 5) is 9.82. The van der Waals surface area contributed by atoms with Gasteiger partial charge in [-0.15, -0.1) is 10.2 Å². The second-order valence-corrected chi connectivity index (χ2v) is 4.71. The Labute approximate surface area is 113 Å². The molecule has 106 valence electrons. The first-order chi connectivity index (χ1) is 9.41. The van der Waals surface area contributed by atoms with Gasteiger partial charge in [-0.1, -0.05) is 13.8 Å². The molecule has 1 heterocycles. The molecule has 2 rings (SSSR count). The van der Waals surface area contributed by atoms with Crippen molar-refractivity contribution < 1.29 is 13.7 Å². The normalized spacial score (nSPS) is 11.1. The maximum atomic E-state index is 14.1. The van der Waals surface area contributed by atoms with Crippen molar-refractivity contribution in [1.82, 2.24) is 14.8 Å². The molecule has 0 fully saturated rings. The lowest BCUT2D eigenvalue weighted by Gasteiger charge is -2.10. The number of halogens is 2. The average molecular weight is 282 g/mol. The molecular formula is C12H12F2N4O2. The predicted octanol–water partition coefficient (Wildman–Crippen LogP) is 2.79. The minimum Gasteiger partial charge on any atom is -0.313 e. The molecule has 2 aromatic rings. The number of rotatable bonds is 4. The van der Waals surface area contributed by atoms with Gasteiger partial charge >= 0.3 is 5.69 Å². The third kappa shape index (κ3) is 2.49. The van der Waals surface area contributed by atoms with Crippen LogP contribution in [0.4, 0.5) is 14.5 Å². The zero-order valence-corrected chi connectivity index (χ0v) is 10.9. The highest BCUT2D eigenvalue weighted by Crippen LogP contribution is 2.30. The van der Waals surface area contributed by atoms with Crippen molar-refractivity contribution >= 4 is 5.69 Å². The number of hydrogen-bond donors (Lipinski definition) is 0. The lowest BCUT2D eigenvalue weighted by Crippen LogP contribution is -2.07. The number of aromatic nitrogens is 3. The predicted molar refractivity (Wildman–Crippen MR) is 66.9 cm³/mol. The van der Waals surface area contributed by atoms with Gasteiger partial charge in [0.15, 0.2) is 5.82 Å². The highest BCUT2D eigenvalue weighted by Gasteiger charge is 2.25. The average Bonchev–Trinajstić information content (AvgIpc) is 2.76. The van der Waals surface area contributed by atoms with Crippen LogP contribution in [0.15, 0.2) is 18.5 Å². The summed E-state index contributed by atoms with van der Waals surface area (Å²) < 4.78 is 29.4. The van der Waals surface area contributed by atoms with Gasteiger partial charge in [-0.05, 0) is 12.0 Å². The van der Waals surface area contributed by atoms with Gasteiger partial charge in [-0.2, -0.15) is 4.39 Å². The summed E-state index contributed by atoms with van der Waals surface area (Å²) in [6.45, 7) is 4.29. The standard InChI is InChI=1S/C12H12F2N4O2/c1-7(2)5-17-6-15-16-12(17)10-8(13)3-4-9(11(10)14)18(19)20/h3-4,6-7H,5H2,1-2H3. The Morgan fingerprint density at radius 2 is 2.10 bits per heavy atom. The van der Waals surface area contributed by atoms with E-state index in [1.165, 1.54) is 10.9 Å². The molecule has 0 aliphatic rings. The SMILES string of the molecule is CC(C)Cn1cnnc1-c1c(F)ccc([N+](=O)[O-])c1F. The number of benzene rings is 1. The van der Waals surface area contributed by atoms with E-state index in [4.69, 9.17) is 0 Å². The summed E-state index contributed by atoms with van der Waals surface area (Å²) >= 11 is 0. The molecule has 20 heavy (non-hydrogen) atoms. The van der Waals surface area contributed by atoms with Crippen molar-refractivity contribution in [1.29, 1.82) is 0 Å². The molecule has 8 heteroatoms. The third-order valence-electron chi connectivity index (χ3n) is 2.67. The van der Waals surface area contributed by atoms with Gasteiger partial charge in [0.2, 0.25) is 5.82 Å². The molecule has 0 aliphatic heterocycles. The van der Waals surface area contributed by atoms with Crippen molar-refractivity contribution in [2.45, 2.75) is 20.4 Å². The first-order valence-corrected chi connectivity index (χ1v) is 5.92. The molecule has 1 aromatic carbocycles. The minimum atomic E-state index is -1.24. The van der Waals surface area contributed by atoms with Crippen LogP contribution in [0, 0.1) is 27.7 Å². The van der Waals surface area contributed by atoms with Crippen molar-refractivity contribution in [2.75, 3.05) is 0 Å². The Balaban J connectivity index is 2.61. The quantitative estimate of drug-likeness (QED) is 0.638. The van der Waals surface area contributed by atoms with Gasteiger partial charge in [0.25, 0.3) is 0 Å². The largest absolute Gasteiger partial charge is 0.313 e. The van der Waals surface area contributed by atoms with E-state index in [0.29, 0.717) is 6.54 Å². The van der Waals surface area contributed by atoms with Crippen molar-refractivity contribution in [2.24, 2.45) is 5.92 Å². The molecule has 0 aliphatic carbocycles. The Bertz CT molecular complexity index is 655. The molecule has 0 bridgehead atoms. The maximum Gasteiger partial charge on any atom is 0.305 e. The highest BCUT2D eigenvalue weighted by atomic mass is 19.1. The van der Waals surface area contributed by atoms with Crippen LogP contribution >= 0.6 is 0 Å². The van der Waals surface area contributed by atoms with Crippen LogP contribution in [0.2, 0.25) is 0 Å². The summed E-state index contributed by atoms with van der Waals surface area (Å²) in [5, 5.41) is 18.0. The van der Waals surface area contributed by atoms with E-state index in [1.54, 1.807) is 0 Å². The van der Waals surface area contributed by atoms with Gasteiger partial charge in [0.05, 0.1) is 10.5 Å². The fourth-order valence-corrected chi connectivity index (χ4v) is 1.86. The van der Waals surface area contributed by atoms with Crippen LogP contribution in [0.25, 0.3) is 11.4 Å². The summed E-state index contributed by atoms with van der Waals surface area (Å²) in [6.07, 6.45) is 1.34. The molecule has 0 atom stereocenters. The van der Waals surface area contributed by atoms with E-state index >= 15 is 0 Å². The molecule has 0 amide bonds. The van der Waals surface area contributed by atoms with Crippen molar-refractivity contribution in [3.05, 3.63) is 40.2 Å². The molecule has 0 radical (unpaired) electrons. The van der Waals surface area contributed by atoms with E-state index in [9.17, 15) is 18.9 Å². The van der Waals surface area contributed by atoms with Gasteiger partial charge < -0.3 is 4.57 Å². The molecule has 0 N–H and O–H groups in total. The Hall–Kier alpha value is -2.38. The highest BCUT2D eigenvalue weighted by molar-refractivity contribution is 5.61. The molecule has 0 saturated carbocycles. The van der Waals surface area contributed by atoms with E-state index in [-0.39, 0.29) is 11.7 Å². The van der Waals surface area contributed by atoms with Gasteiger partial charge in [0, 0.05) is 12.6 Å². The van der Waals surface area contributed by atoms with Crippen LogP contribution < -0.4 is 0 Å². The zero-order valence-electron chi connectivity index (χ0n) is 10.9. The Morgan fingerprint density at radius 1 is 1.40 bits per heavy atom. The van der Waals surface area contributed by atoms with E-state index in [1.807, 2.05) is 13.8 Å². The topological polar surface area (TPSA) is 73.8 Å². The van der Waals surface area contributed by atoms with Crippen LogP contribution in [0.1, 0.15) is 13.8 Å². The minimum absolute atomic E-state index is 0.0580. The van der Waals surface area contributed by atoms with Crippen LogP contribution in [-0.2, 0) is 6.54 Å². The fourth-order valence-electron chi connectivity index (χ4n) is 1.86. The second kappa shape index (κ2) is 5.32. The summed E-state index contributed by atoms with van der Waals surface area (Å²) in [5.74, 6) is -2.01. The van der Waals surface area contributed by atoms with E-state index < -0.39 is 27.8 Å². The fraction of sp³-hybridized carbons (Fsp3) is 0.333. The third-order valence-corrected chi connectivity index (χ3v) is 2.67. The smallest absolute Gasteiger partial charge is 0.305 e.